The van der Waals surface area contributed by atoms with Crippen molar-refractivity contribution in [2.75, 3.05) is 7.11 Å². The Labute approximate surface area is 98.4 Å². The third-order valence-corrected chi connectivity index (χ3v) is 1.88. The van der Waals surface area contributed by atoms with Crippen molar-refractivity contribution in [3.8, 4) is 11.8 Å². The fourth-order valence-corrected chi connectivity index (χ4v) is 0.992. The number of carbonyl (C=O) groups excluding carboxylic acids is 1. The van der Waals surface area contributed by atoms with Gasteiger partial charge in [-0.05, 0) is 0 Å². The molecule has 7 heteroatoms. The van der Waals surface area contributed by atoms with Gasteiger partial charge >= 0.3 is 5.97 Å². The van der Waals surface area contributed by atoms with Crippen LogP contribution in [0, 0.1) is 40.9 Å². The summed E-state index contributed by atoms with van der Waals surface area (Å²) in [4.78, 5) is 10.6. The standard InChI is InChI=1S/C11H5F5O2/c1-18-6(17)4-2-3-5-7(12)9(14)11(16)10(15)8(5)13/h4H2,1H3. The average molecular weight is 264 g/mol. The summed E-state index contributed by atoms with van der Waals surface area (Å²) in [5, 5.41) is 0. The Morgan fingerprint density at radius 1 is 1.00 bits per heavy atom. The van der Waals surface area contributed by atoms with E-state index in [2.05, 4.69) is 4.74 Å². The fourth-order valence-electron chi connectivity index (χ4n) is 0.992. The van der Waals surface area contributed by atoms with E-state index in [0.717, 1.165) is 7.11 Å². The van der Waals surface area contributed by atoms with Gasteiger partial charge in [0.1, 0.15) is 12.0 Å². The van der Waals surface area contributed by atoms with Crippen molar-refractivity contribution in [1.29, 1.82) is 0 Å². The molecule has 0 aliphatic carbocycles. The van der Waals surface area contributed by atoms with Crippen molar-refractivity contribution in [3.05, 3.63) is 34.6 Å². The number of hydrogen-bond acceptors (Lipinski definition) is 2. The quantitative estimate of drug-likeness (QED) is 0.256. The van der Waals surface area contributed by atoms with Crippen LogP contribution in [0.4, 0.5) is 22.0 Å². The first kappa shape index (κ1) is 14.0. The highest BCUT2D eigenvalue weighted by molar-refractivity contribution is 5.72. The zero-order valence-electron chi connectivity index (χ0n) is 8.91. The van der Waals surface area contributed by atoms with Gasteiger partial charge in [0.05, 0.1) is 7.11 Å². The zero-order valence-corrected chi connectivity index (χ0v) is 8.91. The summed E-state index contributed by atoms with van der Waals surface area (Å²) in [6, 6.07) is 0. The number of rotatable bonds is 1. The highest BCUT2D eigenvalue weighted by Crippen LogP contribution is 2.22. The SMILES string of the molecule is COC(=O)CC#Cc1c(F)c(F)c(F)c(F)c1F. The van der Waals surface area contributed by atoms with E-state index in [0.29, 0.717) is 0 Å². The van der Waals surface area contributed by atoms with Gasteiger partial charge in [-0.1, -0.05) is 11.8 Å². The van der Waals surface area contributed by atoms with Crippen LogP contribution in [0.1, 0.15) is 12.0 Å². The molecule has 0 radical (unpaired) electrons. The Bertz CT molecular complexity index is 528. The Kier molecular flexibility index (Phi) is 4.26. The molecule has 0 heterocycles. The van der Waals surface area contributed by atoms with Crippen LogP contribution in [0.3, 0.4) is 0 Å². The van der Waals surface area contributed by atoms with Gasteiger partial charge in [0, 0.05) is 0 Å². The third-order valence-electron chi connectivity index (χ3n) is 1.88. The van der Waals surface area contributed by atoms with Crippen molar-refractivity contribution in [1.82, 2.24) is 0 Å². The molecular weight excluding hydrogens is 259 g/mol. The van der Waals surface area contributed by atoms with Crippen LogP contribution in [0.25, 0.3) is 0 Å². The number of carbonyl (C=O) groups is 1. The van der Waals surface area contributed by atoms with Gasteiger partial charge in [0.15, 0.2) is 23.3 Å². The van der Waals surface area contributed by atoms with Crippen LogP contribution >= 0.6 is 0 Å². The highest BCUT2D eigenvalue weighted by atomic mass is 19.2. The van der Waals surface area contributed by atoms with E-state index in [9.17, 15) is 26.7 Å². The predicted molar refractivity (Wildman–Crippen MR) is 49.7 cm³/mol. The number of ether oxygens (including phenoxy) is 1. The van der Waals surface area contributed by atoms with Gasteiger partial charge in [-0.15, -0.1) is 0 Å². The fraction of sp³-hybridized carbons (Fsp3) is 0.182. The molecule has 0 bridgehead atoms. The molecule has 0 atom stereocenters. The Morgan fingerprint density at radius 2 is 1.44 bits per heavy atom. The van der Waals surface area contributed by atoms with E-state index in [1.54, 1.807) is 5.92 Å². The molecule has 2 nitrogen and oxygen atoms in total. The van der Waals surface area contributed by atoms with Gasteiger partial charge < -0.3 is 4.74 Å². The number of methoxy groups -OCH3 is 1. The predicted octanol–water partition coefficient (Wildman–Crippen LogP) is 2.30. The summed E-state index contributed by atoms with van der Waals surface area (Å²) in [5.74, 6) is -7.65. The summed E-state index contributed by atoms with van der Waals surface area (Å²) in [5.41, 5.74) is -1.28. The first-order valence-electron chi connectivity index (χ1n) is 4.47. The first-order chi connectivity index (χ1) is 8.40. The average Bonchev–Trinajstić information content (AvgIpc) is 2.37. The van der Waals surface area contributed by atoms with Crippen molar-refractivity contribution in [2.24, 2.45) is 0 Å². The second-order valence-corrected chi connectivity index (χ2v) is 3.00. The van der Waals surface area contributed by atoms with Crippen molar-refractivity contribution in [3.63, 3.8) is 0 Å². The molecule has 18 heavy (non-hydrogen) atoms. The van der Waals surface area contributed by atoms with E-state index in [1.165, 1.54) is 0 Å². The van der Waals surface area contributed by atoms with E-state index in [1.807, 2.05) is 5.92 Å². The molecule has 1 aromatic carbocycles. The van der Waals surface area contributed by atoms with E-state index in [4.69, 9.17) is 0 Å². The Morgan fingerprint density at radius 3 is 1.89 bits per heavy atom. The maximum absolute atomic E-state index is 13.1. The highest BCUT2D eigenvalue weighted by Gasteiger charge is 2.24. The number of hydrogen-bond donors (Lipinski definition) is 0. The molecule has 1 rings (SSSR count). The van der Waals surface area contributed by atoms with Crippen LogP contribution in [0.15, 0.2) is 0 Å². The molecule has 0 fully saturated rings. The Balaban J connectivity index is 3.22. The third kappa shape index (κ3) is 2.59. The maximum atomic E-state index is 13.1. The van der Waals surface area contributed by atoms with Crippen LogP contribution in [0.2, 0.25) is 0 Å². The summed E-state index contributed by atoms with van der Waals surface area (Å²) in [6.45, 7) is 0. The first-order valence-corrected chi connectivity index (χ1v) is 4.47. The largest absolute Gasteiger partial charge is 0.468 e. The van der Waals surface area contributed by atoms with Crippen molar-refractivity contribution in [2.45, 2.75) is 6.42 Å². The molecule has 96 valence electrons. The van der Waals surface area contributed by atoms with Gasteiger partial charge in [0.25, 0.3) is 0 Å². The number of halogens is 5. The number of esters is 1. The molecule has 1 aromatic rings. The lowest BCUT2D eigenvalue weighted by Gasteiger charge is -2.02. The van der Waals surface area contributed by atoms with Crippen LogP contribution < -0.4 is 0 Å². The lowest BCUT2D eigenvalue weighted by atomic mass is 10.1. The molecular formula is C11H5F5O2. The smallest absolute Gasteiger partial charge is 0.317 e. The molecule has 0 unspecified atom stereocenters. The zero-order chi connectivity index (χ0) is 13.9. The van der Waals surface area contributed by atoms with Crippen molar-refractivity contribution < 1.29 is 31.5 Å². The van der Waals surface area contributed by atoms with Crippen molar-refractivity contribution >= 4 is 5.97 Å². The minimum absolute atomic E-state index is 0.532. The second-order valence-electron chi connectivity index (χ2n) is 3.00. The topological polar surface area (TPSA) is 26.3 Å². The maximum Gasteiger partial charge on any atom is 0.317 e. The van der Waals surface area contributed by atoms with Gasteiger partial charge in [-0.3, -0.25) is 4.79 Å². The lowest BCUT2D eigenvalue weighted by Crippen LogP contribution is -2.04. The Hall–Kier alpha value is -2.10. The van der Waals surface area contributed by atoms with Gasteiger partial charge in [-0.25, -0.2) is 22.0 Å². The summed E-state index contributed by atoms with van der Waals surface area (Å²) >= 11 is 0. The summed E-state index contributed by atoms with van der Waals surface area (Å²) < 4.78 is 68.4. The lowest BCUT2D eigenvalue weighted by molar-refractivity contribution is -0.139. The molecule has 0 saturated heterocycles. The number of benzene rings is 1. The second kappa shape index (κ2) is 5.49. The normalized spacial score (nSPS) is 9.67. The van der Waals surface area contributed by atoms with E-state index in [-0.39, 0.29) is 0 Å². The molecule has 0 spiro atoms. The minimum atomic E-state index is -2.26. The summed E-state index contributed by atoms with van der Waals surface area (Å²) in [6.07, 6.45) is -0.532. The molecule has 0 N–H and O–H groups in total. The van der Waals surface area contributed by atoms with E-state index < -0.39 is 47.0 Å². The monoisotopic (exact) mass is 264 g/mol. The molecule has 0 amide bonds. The molecule has 0 aromatic heterocycles. The minimum Gasteiger partial charge on any atom is -0.468 e. The van der Waals surface area contributed by atoms with Gasteiger partial charge in [0.2, 0.25) is 5.82 Å². The van der Waals surface area contributed by atoms with Gasteiger partial charge in [-0.2, -0.15) is 0 Å². The molecule has 0 saturated carbocycles. The van der Waals surface area contributed by atoms with E-state index >= 15 is 0 Å². The van der Waals surface area contributed by atoms with Crippen LogP contribution in [0.5, 0.6) is 0 Å². The van der Waals surface area contributed by atoms with Crippen LogP contribution in [-0.4, -0.2) is 13.1 Å². The van der Waals surface area contributed by atoms with Crippen LogP contribution in [-0.2, 0) is 9.53 Å². The molecule has 0 aliphatic rings. The summed E-state index contributed by atoms with van der Waals surface area (Å²) in [7, 11) is 1.06. The molecule has 0 aliphatic heterocycles.